The molecule has 1 amide bonds. The van der Waals surface area contributed by atoms with Gasteiger partial charge >= 0.3 is 12.1 Å². The Kier molecular flexibility index (Phi) is 7.28. The molecule has 0 aromatic rings. The first-order chi connectivity index (χ1) is 8.17. The van der Waals surface area contributed by atoms with Gasteiger partial charge in [0.25, 0.3) is 0 Å². The van der Waals surface area contributed by atoms with Crippen LogP contribution in [0.2, 0.25) is 0 Å². The minimum absolute atomic E-state index is 0.0728. The molecule has 0 saturated carbocycles. The maximum atomic E-state index is 11.9. The molecule has 5 nitrogen and oxygen atoms in total. The maximum Gasteiger partial charge on any atom is 0.407 e. The molecule has 106 valence electrons. The van der Waals surface area contributed by atoms with Crippen molar-refractivity contribution in [2.45, 2.75) is 46.3 Å². The number of hydrogen-bond acceptors (Lipinski definition) is 4. The minimum Gasteiger partial charge on any atom is -0.458 e. The number of amides is 1. The Balaban J connectivity index is 4.48. The van der Waals surface area contributed by atoms with Crippen molar-refractivity contribution >= 4 is 28.0 Å². The van der Waals surface area contributed by atoms with E-state index in [1.807, 2.05) is 13.8 Å². The Morgan fingerprint density at radius 2 is 1.83 bits per heavy atom. The van der Waals surface area contributed by atoms with Crippen LogP contribution >= 0.6 is 15.9 Å². The van der Waals surface area contributed by atoms with Crippen molar-refractivity contribution < 1.29 is 19.1 Å². The third-order valence-corrected chi connectivity index (χ3v) is 2.23. The Bertz CT molecular complexity index is 286. The van der Waals surface area contributed by atoms with Gasteiger partial charge in [-0.05, 0) is 26.7 Å². The molecule has 18 heavy (non-hydrogen) atoms. The zero-order valence-corrected chi connectivity index (χ0v) is 13.2. The van der Waals surface area contributed by atoms with Crippen molar-refractivity contribution in [3.05, 3.63) is 0 Å². The summed E-state index contributed by atoms with van der Waals surface area (Å²) < 4.78 is 10.1. The number of carbonyl (C=O) groups excluding carboxylic acids is 2. The summed E-state index contributed by atoms with van der Waals surface area (Å²) in [5.41, 5.74) is -0.578. The molecule has 0 aromatic heterocycles. The Hall–Kier alpha value is -0.780. The molecular formula is C12H22BrNO4. The first-order valence-corrected chi connectivity index (χ1v) is 7.01. The van der Waals surface area contributed by atoms with E-state index in [1.165, 1.54) is 0 Å². The van der Waals surface area contributed by atoms with Crippen LogP contribution in [-0.2, 0) is 14.3 Å². The molecule has 0 rings (SSSR count). The van der Waals surface area contributed by atoms with E-state index in [0.717, 1.165) is 0 Å². The van der Waals surface area contributed by atoms with Crippen LogP contribution in [-0.4, -0.2) is 35.6 Å². The summed E-state index contributed by atoms with van der Waals surface area (Å²) in [6, 6.07) is -0.702. The van der Waals surface area contributed by atoms with E-state index >= 15 is 0 Å². The van der Waals surface area contributed by atoms with Gasteiger partial charge in [-0.3, -0.25) is 0 Å². The van der Waals surface area contributed by atoms with Crippen LogP contribution in [0, 0.1) is 5.92 Å². The highest BCUT2D eigenvalue weighted by atomic mass is 79.9. The molecule has 0 aliphatic heterocycles. The van der Waals surface area contributed by atoms with Crippen molar-refractivity contribution in [3.8, 4) is 0 Å². The molecule has 1 atom stereocenters. The molecule has 0 spiro atoms. The quantitative estimate of drug-likeness (QED) is 0.623. The van der Waals surface area contributed by atoms with E-state index in [0.29, 0.717) is 5.33 Å². The largest absolute Gasteiger partial charge is 0.458 e. The zero-order valence-electron chi connectivity index (χ0n) is 11.6. The smallest absolute Gasteiger partial charge is 0.407 e. The molecule has 0 aliphatic carbocycles. The molecule has 0 unspecified atom stereocenters. The molecule has 0 radical (unpaired) electrons. The molecular weight excluding hydrogens is 302 g/mol. The summed E-state index contributed by atoms with van der Waals surface area (Å²) in [5, 5.41) is 3.07. The number of nitrogens with one attached hydrogen (secondary N) is 1. The van der Waals surface area contributed by atoms with Crippen LogP contribution in [0.5, 0.6) is 0 Å². The molecule has 6 heteroatoms. The summed E-state index contributed by atoms with van der Waals surface area (Å²) in [7, 11) is 0. The number of halogens is 1. The third-order valence-electron chi connectivity index (χ3n) is 1.91. The summed E-state index contributed by atoms with van der Waals surface area (Å²) in [6.45, 7) is 9.27. The first kappa shape index (κ1) is 17.2. The van der Waals surface area contributed by atoms with Crippen molar-refractivity contribution in [2.24, 2.45) is 5.92 Å². The Morgan fingerprint density at radius 3 is 2.22 bits per heavy atom. The third kappa shape index (κ3) is 7.53. The van der Waals surface area contributed by atoms with Crippen molar-refractivity contribution in [1.29, 1.82) is 0 Å². The molecule has 1 N–H and O–H groups in total. The van der Waals surface area contributed by atoms with Gasteiger partial charge in [0, 0.05) is 5.33 Å². The lowest BCUT2D eigenvalue weighted by molar-refractivity contribution is -0.158. The fraction of sp³-hybridized carbons (Fsp3) is 0.833. The van der Waals surface area contributed by atoms with E-state index in [1.54, 1.807) is 20.8 Å². The highest BCUT2D eigenvalue weighted by Crippen LogP contribution is 2.12. The van der Waals surface area contributed by atoms with Gasteiger partial charge in [0.15, 0.2) is 0 Å². The average Bonchev–Trinajstić information content (AvgIpc) is 2.19. The predicted molar refractivity (Wildman–Crippen MR) is 72.7 cm³/mol. The van der Waals surface area contributed by atoms with E-state index in [2.05, 4.69) is 21.2 Å². The normalized spacial score (nSPS) is 13.1. The van der Waals surface area contributed by atoms with Gasteiger partial charge in [-0.2, -0.15) is 0 Å². The zero-order chi connectivity index (χ0) is 14.3. The first-order valence-electron chi connectivity index (χ1n) is 5.89. The lowest BCUT2D eigenvalue weighted by Gasteiger charge is -2.26. The van der Waals surface area contributed by atoms with Gasteiger partial charge < -0.3 is 14.8 Å². The number of rotatable bonds is 5. The van der Waals surface area contributed by atoms with Crippen LogP contribution in [0.3, 0.4) is 0 Å². The second-order valence-electron chi connectivity index (χ2n) is 5.22. The number of hydrogen-bond donors (Lipinski definition) is 1. The number of esters is 1. The lowest BCUT2D eigenvalue weighted by atomic mass is 10.0. The van der Waals surface area contributed by atoms with Crippen LogP contribution < -0.4 is 5.32 Å². The summed E-state index contributed by atoms with van der Waals surface area (Å²) in [6.07, 6.45) is -0.612. The maximum absolute atomic E-state index is 11.9. The topological polar surface area (TPSA) is 64.6 Å². The van der Waals surface area contributed by atoms with Crippen LogP contribution in [0.25, 0.3) is 0 Å². The molecule has 0 fully saturated rings. The molecule has 0 aromatic carbocycles. The SMILES string of the molecule is CC(C)[C@H](NC(=O)OCCBr)C(=O)OC(C)(C)C. The van der Waals surface area contributed by atoms with Gasteiger partial charge in [0.05, 0.1) is 0 Å². The predicted octanol–water partition coefficient (Wildman–Crippen LogP) is 2.47. The van der Waals surface area contributed by atoms with Crippen molar-refractivity contribution in [2.75, 3.05) is 11.9 Å². The van der Waals surface area contributed by atoms with E-state index in [-0.39, 0.29) is 12.5 Å². The van der Waals surface area contributed by atoms with Gasteiger partial charge in [-0.25, -0.2) is 9.59 Å². The fourth-order valence-corrected chi connectivity index (χ4v) is 1.32. The molecule has 0 saturated heterocycles. The minimum atomic E-state index is -0.702. The van der Waals surface area contributed by atoms with Crippen molar-refractivity contribution in [3.63, 3.8) is 0 Å². The highest BCUT2D eigenvalue weighted by molar-refractivity contribution is 9.09. The van der Waals surface area contributed by atoms with Gasteiger partial charge in [0.2, 0.25) is 0 Å². The van der Waals surface area contributed by atoms with Crippen molar-refractivity contribution in [1.82, 2.24) is 5.32 Å². The fourth-order valence-electron chi connectivity index (χ4n) is 1.16. The van der Waals surface area contributed by atoms with Crippen LogP contribution in [0.1, 0.15) is 34.6 Å². The number of alkyl halides is 1. The molecule has 0 bridgehead atoms. The summed E-state index contributed by atoms with van der Waals surface area (Å²) in [5.74, 6) is -0.523. The number of ether oxygens (including phenoxy) is 2. The summed E-state index contributed by atoms with van der Waals surface area (Å²) >= 11 is 3.15. The van der Waals surface area contributed by atoms with Crippen LogP contribution in [0.4, 0.5) is 4.79 Å². The van der Waals surface area contributed by atoms with E-state index in [4.69, 9.17) is 9.47 Å². The van der Waals surface area contributed by atoms with E-state index < -0.39 is 23.7 Å². The number of alkyl carbamates (subject to hydrolysis) is 1. The number of carbonyl (C=O) groups is 2. The van der Waals surface area contributed by atoms with Crippen LogP contribution in [0.15, 0.2) is 0 Å². The van der Waals surface area contributed by atoms with Gasteiger partial charge in [-0.1, -0.05) is 29.8 Å². The van der Waals surface area contributed by atoms with Gasteiger partial charge in [-0.15, -0.1) is 0 Å². The monoisotopic (exact) mass is 323 g/mol. The Labute approximate surface area is 117 Å². The second kappa shape index (κ2) is 7.61. The standard InChI is InChI=1S/C12H22BrNO4/c1-8(2)9(10(15)18-12(3,4)5)14-11(16)17-7-6-13/h8-9H,6-7H2,1-5H3,(H,14,16)/t9-/m0/s1. The Morgan fingerprint density at radius 1 is 1.28 bits per heavy atom. The summed E-state index contributed by atoms with van der Waals surface area (Å²) in [4.78, 5) is 23.3. The average molecular weight is 324 g/mol. The second-order valence-corrected chi connectivity index (χ2v) is 6.02. The van der Waals surface area contributed by atoms with E-state index in [9.17, 15) is 9.59 Å². The molecule has 0 aliphatic rings. The highest BCUT2D eigenvalue weighted by Gasteiger charge is 2.29. The van der Waals surface area contributed by atoms with Gasteiger partial charge in [0.1, 0.15) is 18.2 Å². The lowest BCUT2D eigenvalue weighted by Crippen LogP contribution is -2.47. The molecule has 0 heterocycles.